The van der Waals surface area contributed by atoms with Crippen molar-refractivity contribution in [3.05, 3.63) is 45.4 Å². The molecule has 0 fully saturated rings. The van der Waals surface area contributed by atoms with Gasteiger partial charge >= 0.3 is 0 Å². The minimum absolute atomic E-state index is 0. The summed E-state index contributed by atoms with van der Waals surface area (Å²) in [6.45, 7) is 8.57. The second-order valence-electron chi connectivity index (χ2n) is 5.44. The van der Waals surface area contributed by atoms with Crippen molar-refractivity contribution in [2.45, 2.75) is 45.2 Å². The number of benzene rings is 1. The molecule has 0 bridgehead atoms. The molecular weight excluding hydrogens is 463 g/mol. The molecule has 1 heterocycles. The van der Waals surface area contributed by atoms with Crippen LogP contribution in [0.3, 0.4) is 0 Å². The number of aromatic nitrogens is 1. The van der Waals surface area contributed by atoms with Crippen molar-refractivity contribution in [2.24, 2.45) is 4.99 Å². The molecule has 25 heavy (non-hydrogen) atoms. The van der Waals surface area contributed by atoms with Crippen LogP contribution in [0.5, 0.6) is 0 Å². The quantitative estimate of drug-likeness (QED) is 0.258. The highest BCUT2D eigenvalue weighted by Crippen LogP contribution is 2.22. The molecule has 0 saturated carbocycles. The highest BCUT2D eigenvalue weighted by Gasteiger charge is 2.05. The van der Waals surface area contributed by atoms with Crippen molar-refractivity contribution in [2.75, 3.05) is 12.8 Å². The first-order valence-corrected chi connectivity index (χ1v) is 10.3. The molecule has 0 radical (unpaired) electrons. The summed E-state index contributed by atoms with van der Waals surface area (Å²) < 4.78 is 0. The zero-order valence-electron chi connectivity index (χ0n) is 15.3. The predicted octanol–water partition coefficient (Wildman–Crippen LogP) is 4.61. The van der Waals surface area contributed by atoms with Crippen molar-refractivity contribution < 1.29 is 0 Å². The van der Waals surface area contributed by atoms with Crippen LogP contribution < -0.4 is 10.6 Å². The van der Waals surface area contributed by atoms with E-state index < -0.39 is 0 Å². The summed E-state index contributed by atoms with van der Waals surface area (Å²) in [5.41, 5.74) is 2.54. The van der Waals surface area contributed by atoms with E-state index in [9.17, 15) is 0 Å². The van der Waals surface area contributed by atoms with Gasteiger partial charge in [-0.05, 0) is 43.7 Å². The molecular formula is C18H27IN4S2. The average Bonchev–Trinajstić information content (AvgIpc) is 3.06. The first-order valence-electron chi connectivity index (χ1n) is 8.25. The highest BCUT2D eigenvalue weighted by molar-refractivity contribution is 14.0. The number of hydrogen-bond acceptors (Lipinski definition) is 4. The summed E-state index contributed by atoms with van der Waals surface area (Å²) in [6, 6.07) is 6.53. The maximum Gasteiger partial charge on any atom is 0.191 e. The lowest BCUT2D eigenvalue weighted by atomic mass is 10.1. The molecule has 2 aromatic rings. The summed E-state index contributed by atoms with van der Waals surface area (Å²) in [5, 5.41) is 7.77. The van der Waals surface area contributed by atoms with Gasteiger partial charge in [0, 0.05) is 22.5 Å². The zero-order chi connectivity index (χ0) is 17.4. The Bertz CT molecular complexity index is 685. The first-order chi connectivity index (χ1) is 11.7. The number of guanidine groups is 1. The maximum atomic E-state index is 4.72. The van der Waals surface area contributed by atoms with Crippen molar-refractivity contribution >= 4 is 53.0 Å². The first kappa shape index (κ1) is 22.2. The molecule has 0 spiro atoms. The number of nitrogens with one attached hydrogen (secondary N) is 2. The number of rotatable bonds is 7. The maximum absolute atomic E-state index is 4.72. The Balaban J connectivity index is 0.00000312. The molecule has 0 unspecified atom stereocenters. The smallest absolute Gasteiger partial charge is 0.191 e. The molecule has 1 aromatic carbocycles. The Labute approximate surface area is 176 Å². The fourth-order valence-electron chi connectivity index (χ4n) is 2.24. The second-order valence-corrected chi connectivity index (χ2v) is 7.49. The van der Waals surface area contributed by atoms with Crippen molar-refractivity contribution in [1.29, 1.82) is 0 Å². The van der Waals surface area contributed by atoms with Crippen molar-refractivity contribution in [1.82, 2.24) is 15.6 Å². The number of thioether (sulfide) groups is 1. The van der Waals surface area contributed by atoms with E-state index >= 15 is 0 Å². The van der Waals surface area contributed by atoms with Gasteiger partial charge in [0.15, 0.2) is 5.96 Å². The summed E-state index contributed by atoms with van der Waals surface area (Å²) in [6.07, 6.45) is 5.11. The third-order valence-corrected chi connectivity index (χ3v) is 5.51. The SMILES string of the molecule is CCNC(=NCc1ccc(C)cc1SC)NCc1ncc(CC)s1.I. The Morgan fingerprint density at radius 1 is 1.28 bits per heavy atom. The molecule has 0 aliphatic heterocycles. The van der Waals surface area contributed by atoms with Crippen LogP contribution in [0.1, 0.15) is 34.9 Å². The van der Waals surface area contributed by atoms with Gasteiger partial charge in [-0.2, -0.15) is 0 Å². The number of aryl methyl sites for hydroxylation is 2. The van der Waals surface area contributed by atoms with E-state index in [2.05, 4.69) is 60.8 Å². The van der Waals surface area contributed by atoms with E-state index in [0.29, 0.717) is 13.1 Å². The van der Waals surface area contributed by atoms with Gasteiger partial charge in [0.05, 0.1) is 13.1 Å². The molecule has 0 aliphatic rings. The summed E-state index contributed by atoms with van der Waals surface area (Å²) in [4.78, 5) is 11.8. The minimum Gasteiger partial charge on any atom is -0.357 e. The third-order valence-electron chi connectivity index (χ3n) is 3.55. The molecule has 2 rings (SSSR count). The lowest BCUT2D eigenvalue weighted by Crippen LogP contribution is -2.36. The van der Waals surface area contributed by atoms with E-state index in [1.54, 1.807) is 23.1 Å². The van der Waals surface area contributed by atoms with E-state index in [-0.39, 0.29) is 24.0 Å². The Kier molecular flexibility index (Phi) is 10.4. The molecule has 4 nitrogen and oxygen atoms in total. The second kappa shape index (κ2) is 11.7. The largest absolute Gasteiger partial charge is 0.357 e. The monoisotopic (exact) mass is 490 g/mol. The summed E-state index contributed by atoms with van der Waals surface area (Å²) >= 11 is 3.53. The van der Waals surface area contributed by atoms with Gasteiger partial charge < -0.3 is 10.6 Å². The minimum atomic E-state index is 0. The van der Waals surface area contributed by atoms with E-state index in [1.165, 1.54) is 20.9 Å². The number of hydrogen-bond donors (Lipinski definition) is 2. The van der Waals surface area contributed by atoms with E-state index in [4.69, 9.17) is 4.99 Å². The Hall–Kier alpha value is -0.800. The Morgan fingerprint density at radius 2 is 2.08 bits per heavy atom. The van der Waals surface area contributed by atoms with Crippen LogP contribution in [0.2, 0.25) is 0 Å². The van der Waals surface area contributed by atoms with Crippen molar-refractivity contribution in [3.63, 3.8) is 0 Å². The molecule has 0 amide bonds. The number of thiazole rings is 1. The number of halogens is 1. The van der Waals surface area contributed by atoms with Crippen LogP contribution >= 0.6 is 47.1 Å². The summed E-state index contributed by atoms with van der Waals surface area (Å²) in [7, 11) is 0. The standard InChI is InChI=1S/C18H26N4S2.HI/c1-5-15-11-20-17(24-15)12-22-18(19-6-2)21-10-14-8-7-13(3)9-16(14)23-4;/h7-9,11H,5-6,10,12H2,1-4H3,(H2,19,21,22);1H. The van der Waals surface area contributed by atoms with E-state index in [0.717, 1.165) is 23.9 Å². The molecule has 0 atom stereocenters. The average molecular weight is 490 g/mol. The van der Waals surface area contributed by atoms with Crippen LogP contribution in [-0.4, -0.2) is 23.7 Å². The van der Waals surface area contributed by atoms with Gasteiger partial charge in [0.1, 0.15) is 5.01 Å². The molecule has 0 saturated heterocycles. The van der Waals surface area contributed by atoms with Gasteiger partial charge in [0.25, 0.3) is 0 Å². The van der Waals surface area contributed by atoms with Gasteiger partial charge in [-0.3, -0.25) is 0 Å². The normalized spacial score (nSPS) is 11.1. The van der Waals surface area contributed by atoms with E-state index in [1.807, 2.05) is 6.20 Å². The number of nitrogens with zero attached hydrogens (tertiary/aromatic N) is 2. The number of aliphatic imine (C=N–C) groups is 1. The van der Waals surface area contributed by atoms with Gasteiger partial charge in [-0.15, -0.1) is 47.1 Å². The van der Waals surface area contributed by atoms with Crippen LogP contribution in [0.15, 0.2) is 34.3 Å². The van der Waals surface area contributed by atoms with Crippen LogP contribution in [0, 0.1) is 6.92 Å². The fourth-order valence-corrected chi connectivity index (χ4v) is 3.74. The topological polar surface area (TPSA) is 49.3 Å². The van der Waals surface area contributed by atoms with Crippen LogP contribution in [-0.2, 0) is 19.5 Å². The fraction of sp³-hybridized carbons (Fsp3) is 0.444. The predicted molar refractivity (Wildman–Crippen MR) is 122 cm³/mol. The van der Waals surface area contributed by atoms with Gasteiger partial charge in [-0.25, -0.2) is 9.98 Å². The molecule has 2 N–H and O–H groups in total. The molecule has 138 valence electrons. The van der Waals surface area contributed by atoms with Gasteiger partial charge in [0.2, 0.25) is 0 Å². The van der Waals surface area contributed by atoms with Gasteiger partial charge in [-0.1, -0.05) is 19.1 Å². The van der Waals surface area contributed by atoms with Crippen LogP contribution in [0.25, 0.3) is 0 Å². The lowest BCUT2D eigenvalue weighted by Gasteiger charge is -2.11. The molecule has 0 aliphatic carbocycles. The highest BCUT2D eigenvalue weighted by atomic mass is 127. The van der Waals surface area contributed by atoms with Crippen molar-refractivity contribution in [3.8, 4) is 0 Å². The zero-order valence-corrected chi connectivity index (χ0v) is 19.2. The lowest BCUT2D eigenvalue weighted by molar-refractivity contribution is 0.809. The molecule has 1 aromatic heterocycles. The molecule has 7 heteroatoms. The Morgan fingerprint density at radius 3 is 2.72 bits per heavy atom. The van der Waals surface area contributed by atoms with Crippen LogP contribution in [0.4, 0.5) is 0 Å². The summed E-state index contributed by atoms with van der Waals surface area (Å²) in [5.74, 6) is 0.832. The third kappa shape index (κ3) is 7.15.